The molecule has 0 bridgehead atoms. The van der Waals surface area contributed by atoms with Crippen LogP contribution in [0.25, 0.3) is 0 Å². The fourth-order valence-electron chi connectivity index (χ4n) is 1.59. The lowest BCUT2D eigenvalue weighted by atomic mass is 10.3. The van der Waals surface area contributed by atoms with Crippen molar-refractivity contribution in [3.8, 4) is 0 Å². The summed E-state index contributed by atoms with van der Waals surface area (Å²) >= 11 is 0. The second-order valence-electron chi connectivity index (χ2n) is 4.20. The van der Waals surface area contributed by atoms with Crippen molar-refractivity contribution in [1.29, 1.82) is 0 Å². The molecule has 0 unspecified atom stereocenters. The quantitative estimate of drug-likeness (QED) is 0.688. The number of hydrogen-bond acceptors (Lipinski definition) is 4. The lowest BCUT2D eigenvalue weighted by molar-refractivity contribution is 0.0926. The van der Waals surface area contributed by atoms with Crippen molar-refractivity contribution in [1.82, 2.24) is 20.9 Å². The molecular weight excluding hydrogens is 272 g/mol. The number of amides is 3. The molecule has 0 atom stereocenters. The predicted octanol–water partition coefficient (Wildman–Crippen LogP) is 0.904. The standard InChI is InChI=1S/C14H16N4O3/c19-13(12-4-2-8-21-12)16-6-7-17-14(20)18-10-11-3-1-5-15-9-11/h1-5,8-9H,6-7,10H2,(H,16,19)(H2,17,18,20). The molecule has 0 saturated heterocycles. The minimum atomic E-state index is -0.308. The lowest BCUT2D eigenvalue weighted by Crippen LogP contribution is -2.40. The van der Waals surface area contributed by atoms with Gasteiger partial charge in [0.25, 0.3) is 5.91 Å². The number of urea groups is 1. The molecule has 2 heterocycles. The largest absolute Gasteiger partial charge is 0.459 e. The summed E-state index contributed by atoms with van der Waals surface area (Å²) in [6, 6.07) is 6.59. The first-order valence-corrected chi connectivity index (χ1v) is 6.48. The van der Waals surface area contributed by atoms with Crippen LogP contribution < -0.4 is 16.0 Å². The van der Waals surface area contributed by atoms with Gasteiger partial charge in [-0.3, -0.25) is 9.78 Å². The van der Waals surface area contributed by atoms with Gasteiger partial charge in [-0.2, -0.15) is 0 Å². The monoisotopic (exact) mass is 288 g/mol. The number of aromatic nitrogens is 1. The summed E-state index contributed by atoms with van der Waals surface area (Å²) in [4.78, 5) is 27.0. The van der Waals surface area contributed by atoms with Crippen LogP contribution in [0, 0.1) is 0 Å². The maximum atomic E-state index is 11.5. The molecule has 7 heteroatoms. The molecule has 2 rings (SSSR count). The van der Waals surface area contributed by atoms with E-state index in [-0.39, 0.29) is 17.7 Å². The first-order valence-electron chi connectivity index (χ1n) is 6.48. The number of carbonyl (C=O) groups is 2. The van der Waals surface area contributed by atoms with Gasteiger partial charge in [-0.1, -0.05) is 6.07 Å². The average Bonchev–Trinajstić information content (AvgIpc) is 3.05. The molecule has 3 N–H and O–H groups in total. The molecule has 0 spiro atoms. The maximum Gasteiger partial charge on any atom is 0.315 e. The Labute approximate surface area is 121 Å². The molecule has 2 aromatic rings. The van der Waals surface area contributed by atoms with Crippen LogP contribution in [-0.2, 0) is 6.54 Å². The molecular formula is C14H16N4O3. The van der Waals surface area contributed by atoms with Crippen LogP contribution in [-0.4, -0.2) is 30.0 Å². The van der Waals surface area contributed by atoms with Crippen molar-refractivity contribution in [3.63, 3.8) is 0 Å². The number of carbonyl (C=O) groups excluding carboxylic acids is 2. The Morgan fingerprint density at radius 3 is 2.67 bits per heavy atom. The van der Waals surface area contributed by atoms with E-state index in [1.54, 1.807) is 30.6 Å². The van der Waals surface area contributed by atoms with Gasteiger partial charge in [0.05, 0.1) is 6.26 Å². The lowest BCUT2D eigenvalue weighted by Gasteiger charge is -2.08. The summed E-state index contributed by atoms with van der Waals surface area (Å²) in [7, 11) is 0. The highest BCUT2D eigenvalue weighted by Crippen LogP contribution is 1.98. The minimum absolute atomic E-state index is 0.246. The van der Waals surface area contributed by atoms with E-state index in [0.717, 1.165) is 5.56 Å². The van der Waals surface area contributed by atoms with Crippen molar-refractivity contribution in [2.24, 2.45) is 0 Å². The fourth-order valence-corrected chi connectivity index (χ4v) is 1.59. The third-order valence-electron chi connectivity index (χ3n) is 2.62. The first-order chi connectivity index (χ1) is 10.3. The van der Waals surface area contributed by atoms with E-state index in [0.29, 0.717) is 19.6 Å². The summed E-state index contributed by atoms with van der Waals surface area (Å²) < 4.78 is 4.94. The number of rotatable bonds is 6. The smallest absolute Gasteiger partial charge is 0.315 e. The van der Waals surface area contributed by atoms with E-state index >= 15 is 0 Å². The van der Waals surface area contributed by atoms with Gasteiger partial charge in [-0.05, 0) is 23.8 Å². The van der Waals surface area contributed by atoms with Gasteiger partial charge in [0, 0.05) is 32.0 Å². The fraction of sp³-hybridized carbons (Fsp3) is 0.214. The van der Waals surface area contributed by atoms with Gasteiger partial charge in [-0.25, -0.2) is 4.79 Å². The number of pyridine rings is 1. The van der Waals surface area contributed by atoms with E-state index < -0.39 is 0 Å². The molecule has 0 aliphatic carbocycles. The summed E-state index contributed by atoms with van der Waals surface area (Å²) in [5, 5.41) is 7.96. The van der Waals surface area contributed by atoms with Gasteiger partial charge in [0.2, 0.25) is 0 Å². The first kappa shape index (κ1) is 14.6. The second-order valence-corrected chi connectivity index (χ2v) is 4.20. The van der Waals surface area contributed by atoms with Crippen molar-refractivity contribution in [3.05, 3.63) is 54.2 Å². The highest BCUT2D eigenvalue weighted by Gasteiger charge is 2.07. The topological polar surface area (TPSA) is 96.3 Å². The van der Waals surface area contributed by atoms with Gasteiger partial charge >= 0.3 is 6.03 Å². The average molecular weight is 288 g/mol. The van der Waals surface area contributed by atoms with E-state index in [1.807, 2.05) is 6.07 Å². The second kappa shape index (κ2) is 7.68. The number of furan rings is 1. The highest BCUT2D eigenvalue weighted by atomic mass is 16.3. The molecule has 0 radical (unpaired) electrons. The summed E-state index contributed by atoms with van der Waals surface area (Å²) in [5.41, 5.74) is 0.916. The summed E-state index contributed by atoms with van der Waals surface area (Å²) in [6.07, 6.45) is 4.79. The zero-order valence-electron chi connectivity index (χ0n) is 11.3. The summed E-state index contributed by atoms with van der Waals surface area (Å²) in [5.74, 6) is -0.0615. The van der Waals surface area contributed by atoms with Gasteiger partial charge in [0.1, 0.15) is 0 Å². The van der Waals surface area contributed by atoms with E-state index in [4.69, 9.17) is 4.42 Å². The van der Waals surface area contributed by atoms with Gasteiger partial charge < -0.3 is 20.4 Å². The van der Waals surface area contributed by atoms with Crippen LogP contribution in [0.15, 0.2) is 47.3 Å². The molecule has 0 saturated carbocycles. The predicted molar refractivity (Wildman–Crippen MR) is 75.5 cm³/mol. The van der Waals surface area contributed by atoms with Crippen LogP contribution in [0.3, 0.4) is 0 Å². The maximum absolute atomic E-state index is 11.5. The molecule has 3 amide bonds. The molecule has 0 aliphatic heterocycles. The van der Waals surface area contributed by atoms with Crippen LogP contribution >= 0.6 is 0 Å². The molecule has 0 aliphatic rings. The Bertz CT molecular complexity index is 569. The number of hydrogen-bond donors (Lipinski definition) is 3. The van der Waals surface area contributed by atoms with Crippen molar-refractivity contribution in [2.45, 2.75) is 6.54 Å². The van der Waals surface area contributed by atoms with E-state index in [1.165, 1.54) is 6.26 Å². The van der Waals surface area contributed by atoms with Crippen LogP contribution in [0.1, 0.15) is 16.1 Å². The van der Waals surface area contributed by atoms with Crippen LogP contribution in [0.5, 0.6) is 0 Å². The molecule has 2 aromatic heterocycles. The molecule has 7 nitrogen and oxygen atoms in total. The van der Waals surface area contributed by atoms with E-state index in [2.05, 4.69) is 20.9 Å². The number of nitrogens with one attached hydrogen (secondary N) is 3. The Balaban J connectivity index is 1.58. The third-order valence-corrected chi connectivity index (χ3v) is 2.62. The Morgan fingerprint density at radius 2 is 1.95 bits per heavy atom. The molecule has 0 aromatic carbocycles. The normalized spacial score (nSPS) is 9.90. The van der Waals surface area contributed by atoms with Crippen LogP contribution in [0.4, 0.5) is 4.79 Å². The Morgan fingerprint density at radius 1 is 1.10 bits per heavy atom. The van der Waals surface area contributed by atoms with Gasteiger partial charge in [-0.15, -0.1) is 0 Å². The van der Waals surface area contributed by atoms with Gasteiger partial charge in [0.15, 0.2) is 5.76 Å². The molecule has 21 heavy (non-hydrogen) atoms. The molecule has 110 valence electrons. The van der Waals surface area contributed by atoms with E-state index in [9.17, 15) is 9.59 Å². The zero-order valence-corrected chi connectivity index (χ0v) is 11.3. The van der Waals surface area contributed by atoms with Crippen molar-refractivity contribution < 1.29 is 14.0 Å². The minimum Gasteiger partial charge on any atom is -0.459 e. The Hall–Kier alpha value is -2.83. The highest BCUT2D eigenvalue weighted by molar-refractivity contribution is 5.91. The number of nitrogens with zero attached hydrogens (tertiary/aromatic N) is 1. The van der Waals surface area contributed by atoms with Crippen molar-refractivity contribution >= 4 is 11.9 Å². The Kier molecular flexibility index (Phi) is 5.33. The van der Waals surface area contributed by atoms with Crippen molar-refractivity contribution in [2.75, 3.05) is 13.1 Å². The summed E-state index contributed by atoms with van der Waals surface area (Å²) in [6.45, 7) is 1.05. The third kappa shape index (κ3) is 4.98. The SMILES string of the molecule is O=C(NCCNC(=O)c1ccco1)NCc1cccnc1. The zero-order chi connectivity index (χ0) is 14.9. The molecule has 0 fully saturated rings. The van der Waals surface area contributed by atoms with Crippen LogP contribution in [0.2, 0.25) is 0 Å².